The largest absolute Gasteiger partial charge is 0.372 e. The van der Waals surface area contributed by atoms with Gasteiger partial charge in [0.15, 0.2) is 0 Å². The van der Waals surface area contributed by atoms with Gasteiger partial charge in [0.2, 0.25) is 5.91 Å². The molecule has 2 aromatic carbocycles. The van der Waals surface area contributed by atoms with Crippen molar-refractivity contribution in [3.8, 4) is 0 Å². The smallest absolute Gasteiger partial charge is 0.251 e. The number of hydrogen-bond acceptors (Lipinski definition) is 3. The lowest BCUT2D eigenvalue weighted by Gasteiger charge is -2.32. The average molecular weight is 406 g/mol. The van der Waals surface area contributed by atoms with Crippen molar-refractivity contribution < 1.29 is 9.59 Å². The Bertz CT molecular complexity index is 884. The fourth-order valence-electron chi connectivity index (χ4n) is 4.32. The summed E-state index contributed by atoms with van der Waals surface area (Å²) in [5.41, 5.74) is 3.83. The second-order valence-electron chi connectivity index (χ2n) is 8.65. The number of amides is 2. The van der Waals surface area contributed by atoms with Crippen molar-refractivity contribution in [1.29, 1.82) is 0 Å². The number of nitrogens with one attached hydrogen (secondary N) is 1. The highest BCUT2D eigenvalue weighted by Gasteiger charge is 2.22. The quantitative estimate of drug-likeness (QED) is 0.795. The predicted octanol–water partition coefficient (Wildman–Crippen LogP) is 4.54. The van der Waals surface area contributed by atoms with Gasteiger partial charge in [-0.05, 0) is 74.1 Å². The van der Waals surface area contributed by atoms with Crippen molar-refractivity contribution in [3.63, 3.8) is 0 Å². The first-order valence-corrected chi connectivity index (χ1v) is 11.1. The monoisotopic (exact) mass is 405 g/mol. The number of piperidine rings is 1. The van der Waals surface area contributed by atoms with Gasteiger partial charge in [0.1, 0.15) is 0 Å². The van der Waals surface area contributed by atoms with E-state index in [9.17, 15) is 9.59 Å². The highest BCUT2D eigenvalue weighted by Crippen LogP contribution is 2.25. The first-order valence-electron chi connectivity index (χ1n) is 11.1. The van der Waals surface area contributed by atoms with Crippen LogP contribution in [-0.4, -0.2) is 31.4 Å². The fourth-order valence-corrected chi connectivity index (χ4v) is 4.32. The Hall–Kier alpha value is -2.82. The van der Waals surface area contributed by atoms with E-state index in [0.29, 0.717) is 12.0 Å². The predicted molar refractivity (Wildman–Crippen MR) is 121 cm³/mol. The van der Waals surface area contributed by atoms with Gasteiger partial charge in [-0.3, -0.25) is 9.59 Å². The zero-order chi connectivity index (χ0) is 21.1. The second kappa shape index (κ2) is 8.90. The molecule has 2 amide bonds. The average Bonchev–Trinajstić information content (AvgIpc) is 3.20. The Kier molecular flexibility index (Phi) is 6.07. The molecule has 2 aliphatic rings. The highest BCUT2D eigenvalue weighted by atomic mass is 16.2. The summed E-state index contributed by atoms with van der Waals surface area (Å²) < 4.78 is 0. The SMILES string of the molecule is CC1CCN(c2ccc(C(C)NC(=O)c3ccc(N4CCCC4=O)cc3)cc2)CC1. The maximum Gasteiger partial charge on any atom is 0.251 e. The molecule has 5 heteroatoms. The minimum atomic E-state index is -0.101. The molecule has 2 aliphatic heterocycles. The van der Waals surface area contributed by atoms with Crippen LogP contribution in [0.5, 0.6) is 0 Å². The molecule has 4 rings (SSSR count). The van der Waals surface area contributed by atoms with Crippen LogP contribution in [0.1, 0.15) is 61.5 Å². The molecule has 0 radical (unpaired) electrons. The molecule has 0 saturated carbocycles. The third-order valence-corrected chi connectivity index (χ3v) is 6.40. The molecule has 0 aliphatic carbocycles. The Balaban J connectivity index is 1.35. The molecule has 158 valence electrons. The molecule has 2 aromatic rings. The normalized spacial score (nSPS) is 18.5. The third kappa shape index (κ3) is 4.50. The van der Waals surface area contributed by atoms with E-state index >= 15 is 0 Å². The standard InChI is InChI=1S/C25H31N3O2/c1-18-13-16-27(17-14-18)22-9-5-20(6-10-22)19(2)26-25(30)21-7-11-23(12-8-21)28-15-3-4-24(28)29/h5-12,18-19H,3-4,13-17H2,1-2H3,(H,26,30). The number of nitrogens with zero attached hydrogens (tertiary/aromatic N) is 2. The number of carbonyl (C=O) groups is 2. The van der Waals surface area contributed by atoms with Crippen LogP contribution in [0.15, 0.2) is 48.5 Å². The van der Waals surface area contributed by atoms with Gasteiger partial charge in [-0.2, -0.15) is 0 Å². The van der Waals surface area contributed by atoms with E-state index in [-0.39, 0.29) is 17.9 Å². The molecular formula is C25H31N3O2. The number of hydrogen-bond donors (Lipinski definition) is 1. The third-order valence-electron chi connectivity index (χ3n) is 6.40. The summed E-state index contributed by atoms with van der Waals surface area (Å²) in [6, 6.07) is 15.8. The zero-order valence-corrected chi connectivity index (χ0v) is 17.9. The summed E-state index contributed by atoms with van der Waals surface area (Å²) in [6.45, 7) is 7.32. The Morgan fingerprint density at radius 2 is 1.60 bits per heavy atom. The Morgan fingerprint density at radius 3 is 2.20 bits per heavy atom. The van der Waals surface area contributed by atoms with E-state index in [1.807, 2.05) is 19.1 Å². The molecule has 2 fully saturated rings. The van der Waals surface area contributed by atoms with E-state index < -0.39 is 0 Å². The van der Waals surface area contributed by atoms with Crippen LogP contribution in [0, 0.1) is 5.92 Å². The Labute approximate surface area is 179 Å². The lowest BCUT2D eigenvalue weighted by atomic mass is 9.98. The maximum absolute atomic E-state index is 12.7. The summed E-state index contributed by atoms with van der Waals surface area (Å²) in [4.78, 5) is 28.8. The van der Waals surface area contributed by atoms with Gasteiger partial charge in [0.05, 0.1) is 6.04 Å². The summed E-state index contributed by atoms with van der Waals surface area (Å²) in [6.07, 6.45) is 4.00. The minimum Gasteiger partial charge on any atom is -0.372 e. The van der Waals surface area contributed by atoms with Crippen molar-refractivity contribution >= 4 is 23.2 Å². The lowest BCUT2D eigenvalue weighted by molar-refractivity contribution is -0.117. The molecule has 1 unspecified atom stereocenters. The van der Waals surface area contributed by atoms with Gasteiger partial charge in [0.25, 0.3) is 5.91 Å². The summed E-state index contributed by atoms with van der Waals surface area (Å²) >= 11 is 0. The molecular weight excluding hydrogens is 374 g/mol. The molecule has 2 heterocycles. The van der Waals surface area contributed by atoms with Crippen LogP contribution < -0.4 is 15.1 Å². The molecule has 0 bridgehead atoms. The van der Waals surface area contributed by atoms with Crippen LogP contribution in [0.2, 0.25) is 0 Å². The lowest BCUT2D eigenvalue weighted by Crippen LogP contribution is -2.32. The van der Waals surface area contributed by atoms with Gasteiger partial charge in [-0.1, -0.05) is 19.1 Å². The Morgan fingerprint density at radius 1 is 0.967 bits per heavy atom. The molecule has 30 heavy (non-hydrogen) atoms. The van der Waals surface area contributed by atoms with Crippen LogP contribution in [-0.2, 0) is 4.79 Å². The van der Waals surface area contributed by atoms with Crippen molar-refractivity contribution in [2.24, 2.45) is 5.92 Å². The topological polar surface area (TPSA) is 52.7 Å². The summed E-state index contributed by atoms with van der Waals surface area (Å²) in [5, 5.41) is 3.08. The summed E-state index contributed by atoms with van der Waals surface area (Å²) in [7, 11) is 0. The van der Waals surface area contributed by atoms with Gasteiger partial charge in [0, 0.05) is 43.0 Å². The highest BCUT2D eigenvalue weighted by molar-refractivity contribution is 5.97. The second-order valence-corrected chi connectivity index (χ2v) is 8.65. The molecule has 1 N–H and O–H groups in total. The maximum atomic E-state index is 12.7. The van der Waals surface area contributed by atoms with Crippen molar-refractivity contribution in [2.45, 2.75) is 45.6 Å². The fraction of sp³-hybridized carbons (Fsp3) is 0.440. The molecule has 0 spiro atoms. The van der Waals surface area contributed by atoms with Crippen molar-refractivity contribution in [1.82, 2.24) is 5.32 Å². The van der Waals surface area contributed by atoms with Crippen molar-refractivity contribution in [2.75, 3.05) is 29.4 Å². The van der Waals surface area contributed by atoms with E-state index in [1.165, 1.54) is 18.5 Å². The van der Waals surface area contributed by atoms with Gasteiger partial charge >= 0.3 is 0 Å². The van der Waals surface area contributed by atoms with Crippen LogP contribution >= 0.6 is 0 Å². The first kappa shape index (κ1) is 20.5. The number of benzene rings is 2. The van der Waals surface area contributed by atoms with Crippen LogP contribution in [0.25, 0.3) is 0 Å². The van der Waals surface area contributed by atoms with E-state index in [2.05, 4.69) is 41.4 Å². The van der Waals surface area contributed by atoms with Crippen LogP contribution in [0.3, 0.4) is 0 Å². The number of rotatable bonds is 5. The van der Waals surface area contributed by atoms with Gasteiger partial charge < -0.3 is 15.1 Å². The van der Waals surface area contributed by atoms with Crippen LogP contribution in [0.4, 0.5) is 11.4 Å². The first-order chi connectivity index (χ1) is 14.5. The van der Waals surface area contributed by atoms with E-state index in [1.54, 1.807) is 17.0 Å². The van der Waals surface area contributed by atoms with E-state index in [0.717, 1.165) is 43.2 Å². The van der Waals surface area contributed by atoms with E-state index in [4.69, 9.17) is 0 Å². The molecule has 1 atom stereocenters. The molecule has 0 aromatic heterocycles. The van der Waals surface area contributed by atoms with Gasteiger partial charge in [-0.25, -0.2) is 0 Å². The van der Waals surface area contributed by atoms with Crippen molar-refractivity contribution in [3.05, 3.63) is 59.7 Å². The molecule has 5 nitrogen and oxygen atoms in total. The number of anilines is 2. The summed E-state index contributed by atoms with van der Waals surface area (Å²) in [5.74, 6) is 0.875. The molecule has 2 saturated heterocycles. The zero-order valence-electron chi connectivity index (χ0n) is 17.9. The minimum absolute atomic E-state index is 0.0761. The van der Waals surface area contributed by atoms with Gasteiger partial charge in [-0.15, -0.1) is 0 Å². The number of carbonyl (C=O) groups excluding carboxylic acids is 2.